The topological polar surface area (TPSA) is 29.3 Å². The molecular formula is C14H28N2. The van der Waals surface area contributed by atoms with Gasteiger partial charge >= 0.3 is 0 Å². The molecule has 2 rings (SSSR count). The predicted octanol–water partition coefficient (Wildman–Crippen LogP) is 2.63. The van der Waals surface area contributed by atoms with E-state index in [0.717, 1.165) is 5.92 Å². The van der Waals surface area contributed by atoms with Crippen LogP contribution in [0.15, 0.2) is 0 Å². The standard InChI is InChI=1S/C14H28N2/c1-3-14(4-2)7-8-16(11-14)10-12-5-6-13(15)9-12/h12-13H,3-11,15H2,1-2H3. The van der Waals surface area contributed by atoms with Crippen LogP contribution in [0, 0.1) is 11.3 Å². The van der Waals surface area contributed by atoms with Crippen LogP contribution < -0.4 is 5.73 Å². The Kier molecular flexibility index (Phi) is 3.91. The van der Waals surface area contributed by atoms with Crippen LogP contribution in [0.4, 0.5) is 0 Å². The molecule has 0 aromatic carbocycles. The van der Waals surface area contributed by atoms with Crippen molar-refractivity contribution in [2.24, 2.45) is 17.1 Å². The summed E-state index contributed by atoms with van der Waals surface area (Å²) in [6, 6.07) is 0.495. The highest BCUT2D eigenvalue weighted by Crippen LogP contribution is 2.38. The smallest absolute Gasteiger partial charge is 0.00420 e. The van der Waals surface area contributed by atoms with E-state index >= 15 is 0 Å². The fourth-order valence-corrected chi connectivity index (χ4v) is 3.66. The quantitative estimate of drug-likeness (QED) is 0.795. The van der Waals surface area contributed by atoms with E-state index in [-0.39, 0.29) is 0 Å². The molecule has 94 valence electrons. The van der Waals surface area contributed by atoms with E-state index in [1.54, 1.807) is 0 Å². The summed E-state index contributed by atoms with van der Waals surface area (Å²) in [5.74, 6) is 0.888. The van der Waals surface area contributed by atoms with E-state index < -0.39 is 0 Å². The van der Waals surface area contributed by atoms with E-state index in [4.69, 9.17) is 5.73 Å². The van der Waals surface area contributed by atoms with Gasteiger partial charge in [0.1, 0.15) is 0 Å². The van der Waals surface area contributed by atoms with Crippen molar-refractivity contribution in [3.05, 3.63) is 0 Å². The van der Waals surface area contributed by atoms with Gasteiger partial charge in [-0.3, -0.25) is 0 Å². The van der Waals surface area contributed by atoms with Gasteiger partial charge in [0.15, 0.2) is 0 Å². The lowest BCUT2D eigenvalue weighted by Crippen LogP contribution is -2.30. The summed E-state index contributed by atoms with van der Waals surface area (Å²) in [6.07, 6.45) is 8.00. The molecule has 0 bridgehead atoms. The van der Waals surface area contributed by atoms with Crippen molar-refractivity contribution < 1.29 is 0 Å². The summed E-state index contributed by atoms with van der Waals surface area (Å²) in [7, 11) is 0. The monoisotopic (exact) mass is 224 g/mol. The molecule has 2 aliphatic rings. The fourth-order valence-electron chi connectivity index (χ4n) is 3.66. The molecule has 1 heterocycles. The molecule has 16 heavy (non-hydrogen) atoms. The third kappa shape index (κ3) is 2.60. The lowest BCUT2D eigenvalue weighted by Gasteiger charge is -2.27. The minimum atomic E-state index is 0.495. The van der Waals surface area contributed by atoms with Crippen molar-refractivity contribution >= 4 is 0 Å². The second kappa shape index (κ2) is 5.05. The minimum Gasteiger partial charge on any atom is -0.328 e. The minimum absolute atomic E-state index is 0.495. The van der Waals surface area contributed by atoms with Crippen LogP contribution in [0.3, 0.4) is 0 Å². The molecule has 1 saturated heterocycles. The lowest BCUT2D eigenvalue weighted by molar-refractivity contribution is 0.218. The molecule has 2 N–H and O–H groups in total. The van der Waals surface area contributed by atoms with Gasteiger partial charge in [0.05, 0.1) is 0 Å². The Bertz CT molecular complexity index is 223. The Morgan fingerprint density at radius 2 is 2.00 bits per heavy atom. The summed E-state index contributed by atoms with van der Waals surface area (Å²) in [4.78, 5) is 2.70. The Morgan fingerprint density at radius 3 is 2.50 bits per heavy atom. The van der Waals surface area contributed by atoms with Crippen LogP contribution in [0.2, 0.25) is 0 Å². The summed E-state index contributed by atoms with van der Waals surface area (Å²) < 4.78 is 0. The molecule has 1 aliphatic carbocycles. The van der Waals surface area contributed by atoms with Crippen molar-refractivity contribution in [2.45, 2.75) is 58.4 Å². The van der Waals surface area contributed by atoms with E-state index in [2.05, 4.69) is 18.7 Å². The number of hydrogen-bond donors (Lipinski definition) is 1. The van der Waals surface area contributed by atoms with Crippen LogP contribution in [-0.4, -0.2) is 30.6 Å². The first-order chi connectivity index (χ1) is 7.67. The number of likely N-dealkylation sites (tertiary alicyclic amines) is 1. The van der Waals surface area contributed by atoms with Crippen molar-refractivity contribution in [1.82, 2.24) is 4.90 Å². The van der Waals surface area contributed by atoms with E-state index in [9.17, 15) is 0 Å². The molecule has 0 aromatic heterocycles. The Morgan fingerprint density at radius 1 is 1.25 bits per heavy atom. The average Bonchev–Trinajstić information content (AvgIpc) is 2.87. The molecule has 0 amide bonds. The second-order valence-electron chi connectivity index (χ2n) is 6.13. The van der Waals surface area contributed by atoms with Gasteiger partial charge in [0.25, 0.3) is 0 Å². The maximum atomic E-state index is 5.99. The van der Waals surface area contributed by atoms with E-state index in [1.165, 1.54) is 58.2 Å². The zero-order valence-electron chi connectivity index (χ0n) is 11.0. The van der Waals surface area contributed by atoms with Gasteiger partial charge in [-0.15, -0.1) is 0 Å². The Labute approximate surface area is 101 Å². The molecule has 0 aromatic rings. The highest BCUT2D eigenvalue weighted by atomic mass is 15.2. The summed E-state index contributed by atoms with van der Waals surface area (Å²) in [6.45, 7) is 8.70. The lowest BCUT2D eigenvalue weighted by atomic mass is 9.82. The fraction of sp³-hybridized carbons (Fsp3) is 1.00. The SMILES string of the molecule is CCC1(CC)CCN(CC2CCC(N)C2)C1. The van der Waals surface area contributed by atoms with Crippen LogP contribution in [0.1, 0.15) is 52.4 Å². The molecule has 1 aliphatic heterocycles. The highest BCUT2D eigenvalue weighted by molar-refractivity contribution is 4.90. The Balaban J connectivity index is 1.80. The number of hydrogen-bond acceptors (Lipinski definition) is 2. The van der Waals surface area contributed by atoms with Gasteiger partial charge in [-0.05, 0) is 56.4 Å². The predicted molar refractivity (Wildman–Crippen MR) is 69.4 cm³/mol. The molecule has 2 atom stereocenters. The maximum absolute atomic E-state index is 5.99. The molecule has 2 unspecified atom stereocenters. The van der Waals surface area contributed by atoms with Gasteiger partial charge in [0.2, 0.25) is 0 Å². The van der Waals surface area contributed by atoms with Crippen LogP contribution in [-0.2, 0) is 0 Å². The maximum Gasteiger partial charge on any atom is 0.00420 e. The number of nitrogens with two attached hydrogens (primary N) is 1. The Hall–Kier alpha value is -0.0800. The van der Waals surface area contributed by atoms with Crippen LogP contribution >= 0.6 is 0 Å². The van der Waals surface area contributed by atoms with Gasteiger partial charge in [-0.2, -0.15) is 0 Å². The van der Waals surface area contributed by atoms with Gasteiger partial charge in [0, 0.05) is 19.1 Å². The average molecular weight is 224 g/mol. The van der Waals surface area contributed by atoms with Crippen molar-refractivity contribution in [1.29, 1.82) is 0 Å². The highest BCUT2D eigenvalue weighted by Gasteiger charge is 2.36. The third-order valence-corrected chi connectivity index (χ3v) is 5.12. The second-order valence-corrected chi connectivity index (χ2v) is 6.13. The zero-order chi connectivity index (χ0) is 11.6. The largest absolute Gasteiger partial charge is 0.328 e. The van der Waals surface area contributed by atoms with Crippen molar-refractivity contribution in [3.63, 3.8) is 0 Å². The first kappa shape index (κ1) is 12.4. The molecule has 0 spiro atoms. The zero-order valence-corrected chi connectivity index (χ0v) is 11.0. The molecule has 0 radical (unpaired) electrons. The van der Waals surface area contributed by atoms with Gasteiger partial charge < -0.3 is 10.6 Å². The van der Waals surface area contributed by atoms with Gasteiger partial charge in [-0.1, -0.05) is 13.8 Å². The normalized spacial score (nSPS) is 34.7. The van der Waals surface area contributed by atoms with Crippen LogP contribution in [0.25, 0.3) is 0 Å². The van der Waals surface area contributed by atoms with Crippen LogP contribution in [0.5, 0.6) is 0 Å². The number of nitrogens with zero attached hydrogens (tertiary/aromatic N) is 1. The molecule has 2 heteroatoms. The first-order valence-electron chi connectivity index (χ1n) is 7.15. The molecule has 2 fully saturated rings. The molecular weight excluding hydrogens is 196 g/mol. The van der Waals surface area contributed by atoms with Gasteiger partial charge in [-0.25, -0.2) is 0 Å². The third-order valence-electron chi connectivity index (χ3n) is 5.12. The summed E-state index contributed by atoms with van der Waals surface area (Å²) in [5.41, 5.74) is 6.63. The van der Waals surface area contributed by atoms with Crippen molar-refractivity contribution in [3.8, 4) is 0 Å². The molecule has 2 nitrogen and oxygen atoms in total. The van der Waals surface area contributed by atoms with E-state index in [1.807, 2.05) is 0 Å². The van der Waals surface area contributed by atoms with E-state index in [0.29, 0.717) is 11.5 Å². The first-order valence-corrected chi connectivity index (χ1v) is 7.15. The van der Waals surface area contributed by atoms with Crippen molar-refractivity contribution in [2.75, 3.05) is 19.6 Å². The number of rotatable bonds is 4. The summed E-state index contributed by atoms with van der Waals surface area (Å²) in [5, 5.41) is 0. The summed E-state index contributed by atoms with van der Waals surface area (Å²) >= 11 is 0. The molecule has 1 saturated carbocycles.